The number of hydrogen-bond acceptors (Lipinski definition) is 3. The van der Waals surface area contributed by atoms with E-state index in [1.54, 1.807) is 0 Å². The molecule has 0 aliphatic heterocycles. The predicted octanol–water partition coefficient (Wildman–Crippen LogP) is 2.21. The second kappa shape index (κ2) is 4.51. The third-order valence-electron chi connectivity index (χ3n) is 3.86. The number of rotatable bonds is 1. The summed E-state index contributed by atoms with van der Waals surface area (Å²) >= 11 is 0. The Kier molecular flexibility index (Phi) is 3.22. The summed E-state index contributed by atoms with van der Waals surface area (Å²) in [6.07, 6.45) is 6.51. The molecule has 1 saturated carbocycles. The summed E-state index contributed by atoms with van der Waals surface area (Å²) in [4.78, 5) is 22.9. The fourth-order valence-corrected chi connectivity index (χ4v) is 3.07. The molecular formula is C13H19NO3. The molecule has 0 radical (unpaired) electrons. The lowest BCUT2D eigenvalue weighted by molar-refractivity contribution is -0.124. The van der Waals surface area contributed by atoms with Crippen molar-refractivity contribution < 1.29 is 14.7 Å². The Labute approximate surface area is 101 Å². The molecule has 2 aliphatic carbocycles. The molecule has 1 amide bonds. The van der Waals surface area contributed by atoms with E-state index in [1.807, 2.05) is 0 Å². The van der Waals surface area contributed by atoms with Crippen LogP contribution >= 0.6 is 0 Å². The number of nitrogens with one attached hydrogen (secondary N) is 1. The molecule has 0 aromatic rings. The van der Waals surface area contributed by atoms with E-state index in [2.05, 4.69) is 5.32 Å². The maximum absolute atomic E-state index is 12.0. The van der Waals surface area contributed by atoms with E-state index in [9.17, 15) is 14.7 Å². The van der Waals surface area contributed by atoms with Crippen LogP contribution in [0.4, 0.5) is 0 Å². The average molecular weight is 237 g/mol. The maximum Gasteiger partial charge on any atom is 0.221 e. The van der Waals surface area contributed by atoms with Crippen molar-refractivity contribution >= 4 is 11.7 Å². The average Bonchev–Trinajstić information content (AvgIpc) is 2.24. The fourth-order valence-electron chi connectivity index (χ4n) is 3.07. The Morgan fingerprint density at radius 3 is 2.41 bits per heavy atom. The zero-order valence-electron chi connectivity index (χ0n) is 10.2. The molecule has 4 nitrogen and oxygen atoms in total. The molecule has 94 valence electrons. The van der Waals surface area contributed by atoms with E-state index in [0.717, 1.165) is 25.7 Å². The molecule has 2 N–H and O–H groups in total. The minimum Gasteiger partial charge on any atom is -0.510 e. The standard InChI is InChI=1S/C13H19NO3/c1-9(15)14-12-10(16)7-13(8-11(12)17)5-3-2-4-6-13/h16H,2-8H2,1H3,(H,14,15). The minimum absolute atomic E-state index is 0.0403. The van der Waals surface area contributed by atoms with E-state index in [-0.39, 0.29) is 28.6 Å². The number of allylic oxidation sites excluding steroid dienone is 2. The number of Topliss-reactive ketones (excluding diaryl/α,β-unsaturated/α-hetero) is 1. The van der Waals surface area contributed by atoms with Crippen LogP contribution in [0.5, 0.6) is 0 Å². The van der Waals surface area contributed by atoms with Crippen LogP contribution in [0.2, 0.25) is 0 Å². The second-order valence-corrected chi connectivity index (χ2v) is 5.34. The summed E-state index contributed by atoms with van der Waals surface area (Å²) in [6, 6.07) is 0. The van der Waals surface area contributed by atoms with Gasteiger partial charge < -0.3 is 10.4 Å². The molecule has 1 spiro atoms. The zero-order valence-corrected chi connectivity index (χ0v) is 10.2. The zero-order chi connectivity index (χ0) is 12.5. The normalized spacial score (nSPS) is 23.9. The van der Waals surface area contributed by atoms with E-state index < -0.39 is 0 Å². The summed E-state index contributed by atoms with van der Waals surface area (Å²) in [7, 11) is 0. The Hall–Kier alpha value is -1.32. The van der Waals surface area contributed by atoms with Gasteiger partial charge in [-0.05, 0) is 18.3 Å². The van der Waals surface area contributed by atoms with Gasteiger partial charge in [-0.15, -0.1) is 0 Å². The molecule has 2 rings (SSSR count). The van der Waals surface area contributed by atoms with Gasteiger partial charge in [-0.2, -0.15) is 0 Å². The maximum atomic E-state index is 12.0. The lowest BCUT2D eigenvalue weighted by atomic mass is 9.66. The van der Waals surface area contributed by atoms with Gasteiger partial charge in [0.2, 0.25) is 5.91 Å². The smallest absolute Gasteiger partial charge is 0.221 e. The minimum atomic E-state index is -0.306. The van der Waals surface area contributed by atoms with Crippen LogP contribution in [-0.2, 0) is 9.59 Å². The first-order chi connectivity index (χ1) is 8.02. The van der Waals surface area contributed by atoms with Gasteiger partial charge in [0, 0.05) is 19.8 Å². The summed E-state index contributed by atoms with van der Waals surface area (Å²) in [5, 5.41) is 12.4. The summed E-state index contributed by atoms with van der Waals surface area (Å²) in [6.45, 7) is 1.35. The van der Waals surface area contributed by atoms with Crippen LogP contribution in [0.1, 0.15) is 51.9 Å². The molecule has 0 saturated heterocycles. The molecule has 0 aromatic carbocycles. The number of hydrogen-bond donors (Lipinski definition) is 2. The number of aliphatic hydroxyl groups is 1. The lowest BCUT2D eigenvalue weighted by Crippen LogP contribution is -2.38. The number of carbonyl (C=O) groups excluding carboxylic acids is 2. The second-order valence-electron chi connectivity index (χ2n) is 5.34. The third-order valence-corrected chi connectivity index (χ3v) is 3.86. The molecule has 0 bridgehead atoms. The highest BCUT2D eigenvalue weighted by Crippen LogP contribution is 2.47. The molecule has 4 heteroatoms. The van der Waals surface area contributed by atoms with Crippen LogP contribution in [0.3, 0.4) is 0 Å². The van der Waals surface area contributed by atoms with Crippen molar-refractivity contribution in [2.75, 3.05) is 0 Å². The molecule has 0 heterocycles. The Morgan fingerprint density at radius 2 is 1.88 bits per heavy atom. The van der Waals surface area contributed by atoms with E-state index in [4.69, 9.17) is 0 Å². The van der Waals surface area contributed by atoms with Gasteiger partial charge in [0.15, 0.2) is 5.78 Å². The molecule has 0 atom stereocenters. The highest BCUT2D eigenvalue weighted by molar-refractivity contribution is 6.00. The van der Waals surface area contributed by atoms with Gasteiger partial charge in [-0.1, -0.05) is 19.3 Å². The van der Waals surface area contributed by atoms with E-state index in [0.29, 0.717) is 12.8 Å². The van der Waals surface area contributed by atoms with Gasteiger partial charge in [0.1, 0.15) is 11.5 Å². The van der Waals surface area contributed by atoms with Gasteiger partial charge in [0.05, 0.1) is 0 Å². The van der Waals surface area contributed by atoms with Crippen LogP contribution in [-0.4, -0.2) is 16.8 Å². The predicted molar refractivity (Wildman–Crippen MR) is 63.2 cm³/mol. The Balaban J connectivity index is 2.19. The molecule has 0 unspecified atom stereocenters. The summed E-state index contributed by atoms with van der Waals surface area (Å²) < 4.78 is 0. The van der Waals surface area contributed by atoms with Crippen molar-refractivity contribution in [2.45, 2.75) is 51.9 Å². The number of ketones is 1. The molecule has 0 aromatic heterocycles. The SMILES string of the molecule is CC(=O)NC1=C(O)CC2(CCCCC2)CC1=O. The number of amides is 1. The lowest BCUT2D eigenvalue weighted by Gasteiger charge is -2.39. The van der Waals surface area contributed by atoms with Crippen molar-refractivity contribution in [3.63, 3.8) is 0 Å². The highest BCUT2D eigenvalue weighted by Gasteiger charge is 2.40. The van der Waals surface area contributed by atoms with Crippen molar-refractivity contribution in [3.05, 3.63) is 11.5 Å². The van der Waals surface area contributed by atoms with Gasteiger partial charge in [0.25, 0.3) is 0 Å². The number of aliphatic hydroxyl groups excluding tert-OH is 1. The van der Waals surface area contributed by atoms with Crippen molar-refractivity contribution in [2.24, 2.45) is 5.41 Å². The Morgan fingerprint density at radius 1 is 1.24 bits per heavy atom. The van der Waals surface area contributed by atoms with Gasteiger partial charge in [-0.3, -0.25) is 9.59 Å². The van der Waals surface area contributed by atoms with Crippen LogP contribution in [0.15, 0.2) is 11.5 Å². The van der Waals surface area contributed by atoms with Crippen molar-refractivity contribution in [1.29, 1.82) is 0 Å². The topological polar surface area (TPSA) is 66.4 Å². The quantitative estimate of drug-likeness (QED) is 0.734. The molecule has 1 fully saturated rings. The van der Waals surface area contributed by atoms with Crippen LogP contribution in [0.25, 0.3) is 0 Å². The Bertz CT molecular complexity index is 378. The molecule has 17 heavy (non-hydrogen) atoms. The van der Waals surface area contributed by atoms with Crippen molar-refractivity contribution in [1.82, 2.24) is 5.32 Å². The first kappa shape index (κ1) is 12.1. The highest BCUT2D eigenvalue weighted by atomic mass is 16.3. The largest absolute Gasteiger partial charge is 0.510 e. The van der Waals surface area contributed by atoms with E-state index in [1.165, 1.54) is 13.3 Å². The monoisotopic (exact) mass is 237 g/mol. The van der Waals surface area contributed by atoms with Crippen LogP contribution < -0.4 is 5.32 Å². The summed E-state index contributed by atoms with van der Waals surface area (Å²) in [5.74, 6) is -0.358. The van der Waals surface area contributed by atoms with Crippen LogP contribution in [0, 0.1) is 5.41 Å². The third kappa shape index (κ3) is 2.51. The van der Waals surface area contributed by atoms with E-state index >= 15 is 0 Å². The fraction of sp³-hybridized carbons (Fsp3) is 0.692. The summed E-state index contributed by atoms with van der Waals surface area (Å²) in [5.41, 5.74) is 0.0789. The van der Waals surface area contributed by atoms with Crippen molar-refractivity contribution in [3.8, 4) is 0 Å². The van der Waals surface area contributed by atoms with Gasteiger partial charge >= 0.3 is 0 Å². The number of carbonyl (C=O) groups is 2. The first-order valence-corrected chi connectivity index (χ1v) is 6.25. The molecular weight excluding hydrogens is 218 g/mol. The molecule has 2 aliphatic rings. The van der Waals surface area contributed by atoms with Gasteiger partial charge in [-0.25, -0.2) is 0 Å². The first-order valence-electron chi connectivity index (χ1n) is 6.25.